The Hall–Kier alpha value is -2.69. The molecule has 2 amide bonds. The molecule has 1 saturated heterocycles. The summed E-state index contributed by atoms with van der Waals surface area (Å²) in [5, 5.41) is 0. The van der Waals surface area contributed by atoms with Crippen molar-refractivity contribution in [3.63, 3.8) is 0 Å². The van der Waals surface area contributed by atoms with Crippen molar-refractivity contribution in [3.05, 3.63) is 71.0 Å². The molecule has 0 saturated carbocycles. The Kier molecular flexibility index (Phi) is 5.65. The van der Waals surface area contributed by atoms with E-state index in [4.69, 9.17) is 0 Å². The van der Waals surface area contributed by atoms with Crippen molar-refractivity contribution in [2.24, 2.45) is 0 Å². The van der Waals surface area contributed by atoms with Crippen LogP contribution >= 0.6 is 0 Å². The van der Waals surface area contributed by atoms with Gasteiger partial charge in [0.05, 0.1) is 12.6 Å². The summed E-state index contributed by atoms with van der Waals surface area (Å²) in [5.74, 6) is -0.199. The molecule has 1 fully saturated rings. The second-order valence-corrected chi connectivity index (χ2v) is 8.07. The second kappa shape index (κ2) is 8.36. The lowest BCUT2D eigenvalue weighted by Gasteiger charge is -2.44. The number of halogens is 1. The topological polar surface area (TPSA) is 40.6 Å². The fourth-order valence-corrected chi connectivity index (χ4v) is 4.67. The molecule has 2 atom stereocenters. The van der Waals surface area contributed by atoms with Crippen LogP contribution in [0.3, 0.4) is 0 Å². The van der Waals surface area contributed by atoms with Crippen molar-refractivity contribution in [2.45, 2.75) is 44.6 Å². The maximum absolute atomic E-state index is 13.3. The number of carbonyl (C=O) groups excluding carboxylic acids is 2. The molecule has 2 aromatic rings. The summed E-state index contributed by atoms with van der Waals surface area (Å²) in [5.41, 5.74) is 3.41. The summed E-state index contributed by atoms with van der Waals surface area (Å²) >= 11 is 0. The van der Waals surface area contributed by atoms with Gasteiger partial charge in [-0.1, -0.05) is 49.7 Å². The van der Waals surface area contributed by atoms with Crippen LogP contribution in [0.2, 0.25) is 0 Å². The van der Waals surface area contributed by atoms with Gasteiger partial charge in [0.2, 0.25) is 11.8 Å². The Balaban J connectivity index is 1.51. The first kappa shape index (κ1) is 19.6. The standard InChI is InChI=1S/C24H27FN2O2/c1-2-5-19(17-8-10-20(25)11-9-17)14-23(28)26-15-22-21-7-4-3-6-18(21)12-13-27(22)24(29)16-26/h3-4,6-11,19,22H,2,5,12-16H2,1H3. The Morgan fingerprint density at radius 2 is 1.93 bits per heavy atom. The summed E-state index contributed by atoms with van der Waals surface area (Å²) < 4.78 is 13.3. The minimum atomic E-state index is -0.270. The van der Waals surface area contributed by atoms with Crippen LogP contribution in [0, 0.1) is 5.82 Å². The van der Waals surface area contributed by atoms with Gasteiger partial charge >= 0.3 is 0 Å². The van der Waals surface area contributed by atoms with Gasteiger partial charge in [-0.15, -0.1) is 0 Å². The highest BCUT2D eigenvalue weighted by atomic mass is 19.1. The predicted octanol–water partition coefficient (Wildman–Crippen LogP) is 4.07. The number of carbonyl (C=O) groups is 2. The van der Waals surface area contributed by atoms with Gasteiger partial charge in [-0.05, 0) is 47.6 Å². The molecule has 152 valence electrons. The molecule has 29 heavy (non-hydrogen) atoms. The fraction of sp³-hybridized carbons (Fsp3) is 0.417. The minimum Gasteiger partial charge on any atom is -0.332 e. The molecule has 2 heterocycles. The summed E-state index contributed by atoms with van der Waals surface area (Å²) in [7, 11) is 0. The number of piperazine rings is 1. The SMILES string of the molecule is CCCC(CC(=O)N1CC(=O)N2CCc3ccccc3C2C1)c1ccc(F)cc1. The van der Waals surface area contributed by atoms with E-state index in [0.717, 1.165) is 36.9 Å². The smallest absolute Gasteiger partial charge is 0.242 e. The van der Waals surface area contributed by atoms with Gasteiger partial charge in [0, 0.05) is 19.5 Å². The molecule has 0 bridgehead atoms. The molecule has 0 radical (unpaired) electrons. The first-order valence-electron chi connectivity index (χ1n) is 10.5. The van der Waals surface area contributed by atoms with Crippen LogP contribution in [0.5, 0.6) is 0 Å². The third kappa shape index (κ3) is 4.04. The summed E-state index contributed by atoms with van der Waals surface area (Å²) in [6, 6.07) is 14.6. The average molecular weight is 394 g/mol. The number of hydrogen-bond acceptors (Lipinski definition) is 2. The summed E-state index contributed by atoms with van der Waals surface area (Å²) in [6.45, 7) is 3.50. The molecular weight excluding hydrogens is 367 g/mol. The largest absolute Gasteiger partial charge is 0.332 e. The van der Waals surface area contributed by atoms with Crippen LogP contribution in [-0.4, -0.2) is 41.2 Å². The van der Waals surface area contributed by atoms with E-state index in [1.54, 1.807) is 17.0 Å². The lowest BCUT2D eigenvalue weighted by molar-refractivity contribution is -0.149. The first-order chi connectivity index (χ1) is 14.1. The van der Waals surface area contributed by atoms with Crippen LogP contribution in [0.1, 0.15) is 54.8 Å². The van der Waals surface area contributed by atoms with Gasteiger partial charge in [-0.2, -0.15) is 0 Å². The molecule has 0 aromatic heterocycles. The van der Waals surface area contributed by atoms with E-state index in [9.17, 15) is 14.0 Å². The first-order valence-corrected chi connectivity index (χ1v) is 10.5. The highest BCUT2D eigenvalue weighted by molar-refractivity contribution is 5.87. The zero-order valence-corrected chi connectivity index (χ0v) is 16.8. The van der Waals surface area contributed by atoms with Gasteiger partial charge in [-0.3, -0.25) is 9.59 Å². The van der Waals surface area contributed by atoms with Gasteiger partial charge < -0.3 is 9.80 Å². The van der Waals surface area contributed by atoms with Crippen LogP contribution in [0.15, 0.2) is 48.5 Å². The molecule has 0 spiro atoms. The van der Waals surface area contributed by atoms with Gasteiger partial charge in [-0.25, -0.2) is 4.39 Å². The third-order valence-electron chi connectivity index (χ3n) is 6.20. The second-order valence-electron chi connectivity index (χ2n) is 8.07. The van der Waals surface area contributed by atoms with E-state index in [-0.39, 0.29) is 36.1 Å². The molecule has 2 aliphatic heterocycles. The fourth-order valence-electron chi connectivity index (χ4n) is 4.67. The highest BCUT2D eigenvalue weighted by Gasteiger charge is 2.38. The minimum absolute atomic E-state index is 0.00355. The maximum atomic E-state index is 13.3. The van der Waals surface area contributed by atoms with Crippen LogP contribution in [0.4, 0.5) is 4.39 Å². The Morgan fingerprint density at radius 1 is 1.17 bits per heavy atom. The van der Waals surface area contributed by atoms with Crippen molar-refractivity contribution in [1.29, 1.82) is 0 Å². The normalized spacial score (nSPS) is 19.5. The number of nitrogens with zero attached hydrogens (tertiary/aromatic N) is 2. The third-order valence-corrected chi connectivity index (χ3v) is 6.20. The van der Waals surface area contributed by atoms with E-state index in [0.29, 0.717) is 13.0 Å². The van der Waals surface area contributed by atoms with Crippen molar-refractivity contribution in [2.75, 3.05) is 19.6 Å². The molecule has 0 aliphatic carbocycles. The van der Waals surface area contributed by atoms with E-state index in [1.165, 1.54) is 17.7 Å². The zero-order valence-electron chi connectivity index (χ0n) is 16.8. The van der Waals surface area contributed by atoms with Crippen molar-refractivity contribution in [3.8, 4) is 0 Å². The molecule has 5 heteroatoms. The van der Waals surface area contributed by atoms with Gasteiger partial charge in [0.1, 0.15) is 5.82 Å². The highest BCUT2D eigenvalue weighted by Crippen LogP contribution is 2.34. The number of benzene rings is 2. The lowest BCUT2D eigenvalue weighted by Crippen LogP contribution is -2.55. The molecule has 4 nitrogen and oxygen atoms in total. The van der Waals surface area contributed by atoms with Crippen molar-refractivity contribution in [1.82, 2.24) is 9.80 Å². The van der Waals surface area contributed by atoms with Gasteiger partial charge in [0.25, 0.3) is 0 Å². The van der Waals surface area contributed by atoms with Crippen molar-refractivity contribution >= 4 is 11.8 Å². The quantitative estimate of drug-likeness (QED) is 0.767. The van der Waals surface area contributed by atoms with E-state index < -0.39 is 0 Å². The maximum Gasteiger partial charge on any atom is 0.242 e. The van der Waals surface area contributed by atoms with E-state index in [1.807, 2.05) is 17.0 Å². The molecule has 2 aromatic carbocycles. The van der Waals surface area contributed by atoms with E-state index in [2.05, 4.69) is 19.1 Å². The Labute approximate surface area is 171 Å². The molecular formula is C24H27FN2O2. The Morgan fingerprint density at radius 3 is 2.69 bits per heavy atom. The van der Waals surface area contributed by atoms with Crippen LogP contribution in [0.25, 0.3) is 0 Å². The molecule has 0 N–H and O–H groups in total. The lowest BCUT2D eigenvalue weighted by atomic mass is 9.89. The number of amides is 2. The van der Waals surface area contributed by atoms with Gasteiger partial charge in [0.15, 0.2) is 0 Å². The molecule has 2 aliphatic rings. The van der Waals surface area contributed by atoms with Crippen LogP contribution < -0.4 is 0 Å². The number of fused-ring (bicyclic) bond motifs is 3. The van der Waals surface area contributed by atoms with Crippen molar-refractivity contribution < 1.29 is 14.0 Å². The summed E-state index contributed by atoms with van der Waals surface area (Å²) in [6.07, 6.45) is 3.02. The number of hydrogen-bond donors (Lipinski definition) is 0. The predicted molar refractivity (Wildman–Crippen MR) is 110 cm³/mol. The number of rotatable bonds is 5. The monoisotopic (exact) mass is 394 g/mol. The van der Waals surface area contributed by atoms with E-state index >= 15 is 0 Å². The average Bonchev–Trinajstić information content (AvgIpc) is 2.73. The van der Waals surface area contributed by atoms with Crippen LogP contribution in [-0.2, 0) is 16.0 Å². The molecule has 2 unspecified atom stereocenters. The summed E-state index contributed by atoms with van der Waals surface area (Å²) in [4.78, 5) is 29.5. The zero-order chi connectivity index (χ0) is 20.4. The Bertz CT molecular complexity index is 896. The molecule has 4 rings (SSSR count).